The molecule has 2 atom stereocenters. The minimum Gasteiger partial charge on any atom is -0.363 e. The van der Waals surface area contributed by atoms with Crippen LogP contribution >= 0.6 is 0 Å². The van der Waals surface area contributed by atoms with Crippen molar-refractivity contribution in [2.75, 3.05) is 6.61 Å². The van der Waals surface area contributed by atoms with Gasteiger partial charge in [-0.15, -0.1) is 0 Å². The van der Waals surface area contributed by atoms with Crippen LogP contribution < -0.4 is 5.32 Å². The first-order chi connectivity index (χ1) is 5.36. The minimum atomic E-state index is 0.367. The van der Waals surface area contributed by atoms with E-state index < -0.39 is 0 Å². The van der Waals surface area contributed by atoms with Crippen LogP contribution in [-0.4, -0.2) is 18.9 Å². The molecule has 0 amide bonds. The summed E-state index contributed by atoms with van der Waals surface area (Å²) in [7, 11) is 0. The van der Waals surface area contributed by atoms with Crippen LogP contribution in [-0.2, 0) is 4.74 Å². The Kier molecular flexibility index (Phi) is 3.87. The average molecular weight is 157 g/mol. The number of hydrogen-bond acceptors (Lipinski definition) is 2. The van der Waals surface area contributed by atoms with Crippen molar-refractivity contribution in [3.8, 4) is 0 Å². The van der Waals surface area contributed by atoms with Gasteiger partial charge in [0.1, 0.15) is 6.23 Å². The van der Waals surface area contributed by atoms with Gasteiger partial charge < -0.3 is 4.74 Å². The summed E-state index contributed by atoms with van der Waals surface area (Å²) in [6.45, 7) is 5.32. The smallest absolute Gasteiger partial charge is 0.109 e. The summed E-state index contributed by atoms with van der Waals surface area (Å²) in [5, 5.41) is 3.37. The zero-order chi connectivity index (χ0) is 8.10. The predicted molar refractivity (Wildman–Crippen MR) is 46.5 cm³/mol. The van der Waals surface area contributed by atoms with E-state index in [1.807, 2.05) is 0 Å². The van der Waals surface area contributed by atoms with Crippen molar-refractivity contribution in [2.45, 2.75) is 51.8 Å². The monoisotopic (exact) mass is 157 g/mol. The summed E-state index contributed by atoms with van der Waals surface area (Å²) >= 11 is 0. The normalized spacial score (nSPS) is 30.0. The first-order valence-corrected chi connectivity index (χ1v) is 4.74. The number of rotatable bonds is 5. The van der Waals surface area contributed by atoms with Crippen molar-refractivity contribution >= 4 is 0 Å². The molecule has 66 valence electrons. The molecule has 2 unspecified atom stereocenters. The summed E-state index contributed by atoms with van der Waals surface area (Å²) in [5.41, 5.74) is 0. The van der Waals surface area contributed by atoms with Crippen LogP contribution in [0.5, 0.6) is 0 Å². The Morgan fingerprint density at radius 2 is 2.18 bits per heavy atom. The quantitative estimate of drug-likeness (QED) is 0.615. The Morgan fingerprint density at radius 1 is 1.45 bits per heavy atom. The lowest BCUT2D eigenvalue weighted by Gasteiger charge is -2.36. The van der Waals surface area contributed by atoms with Gasteiger partial charge in [0.2, 0.25) is 0 Å². The molecular formula is C9H19NO. The fraction of sp³-hybridized carbons (Fsp3) is 1.00. The fourth-order valence-corrected chi connectivity index (χ4v) is 1.27. The van der Waals surface area contributed by atoms with E-state index in [0.29, 0.717) is 6.23 Å². The molecule has 1 rings (SSSR count). The van der Waals surface area contributed by atoms with E-state index in [1.54, 1.807) is 0 Å². The zero-order valence-electron chi connectivity index (χ0n) is 7.60. The van der Waals surface area contributed by atoms with Crippen molar-refractivity contribution in [2.24, 2.45) is 0 Å². The summed E-state index contributed by atoms with van der Waals surface area (Å²) in [6.07, 6.45) is 5.22. The van der Waals surface area contributed by atoms with Crippen LogP contribution in [0, 0.1) is 0 Å². The van der Waals surface area contributed by atoms with Crippen molar-refractivity contribution in [3.05, 3.63) is 0 Å². The molecule has 0 spiro atoms. The Balaban J connectivity index is 1.88. The third-order valence-corrected chi connectivity index (χ3v) is 2.23. The highest BCUT2D eigenvalue weighted by Gasteiger charge is 2.26. The molecule has 1 aliphatic heterocycles. The van der Waals surface area contributed by atoms with Crippen molar-refractivity contribution in [1.82, 2.24) is 5.32 Å². The number of ether oxygens (including phenoxy) is 1. The maximum atomic E-state index is 5.54. The van der Waals surface area contributed by atoms with Crippen LogP contribution in [0.15, 0.2) is 0 Å². The lowest BCUT2D eigenvalue weighted by Crippen LogP contribution is -2.53. The second kappa shape index (κ2) is 4.73. The Hall–Kier alpha value is -0.0800. The van der Waals surface area contributed by atoms with Crippen LogP contribution in [0.25, 0.3) is 0 Å². The Bertz CT molecular complexity index is 99.7. The molecule has 0 radical (unpaired) electrons. The number of nitrogens with one attached hydrogen (secondary N) is 1. The van der Waals surface area contributed by atoms with Crippen molar-refractivity contribution in [1.29, 1.82) is 0 Å². The van der Waals surface area contributed by atoms with Crippen LogP contribution in [0.2, 0.25) is 0 Å². The molecule has 0 aliphatic carbocycles. The maximum Gasteiger partial charge on any atom is 0.109 e. The fourth-order valence-electron chi connectivity index (χ4n) is 1.27. The summed E-state index contributed by atoms with van der Waals surface area (Å²) in [6, 6.07) is 0.724. The molecule has 1 saturated heterocycles. The van der Waals surface area contributed by atoms with Crippen LogP contribution in [0.4, 0.5) is 0 Å². The second-order valence-electron chi connectivity index (χ2n) is 3.22. The zero-order valence-corrected chi connectivity index (χ0v) is 7.60. The SMILES string of the molecule is CCCCOC1CC(CC)N1. The summed E-state index contributed by atoms with van der Waals surface area (Å²) in [4.78, 5) is 0. The van der Waals surface area contributed by atoms with Gasteiger partial charge in [0.15, 0.2) is 0 Å². The molecule has 1 aliphatic rings. The highest BCUT2D eigenvalue weighted by atomic mass is 16.5. The van der Waals surface area contributed by atoms with Gasteiger partial charge >= 0.3 is 0 Å². The number of unbranched alkanes of at least 4 members (excludes halogenated alkanes) is 1. The van der Waals surface area contributed by atoms with Gasteiger partial charge in [0, 0.05) is 19.1 Å². The topological polar surface area (TPSA) is 21.3 Å². The molecular weight excluding hydrogens is 138 g/mol. The standard InChI is InChI=1S/C9H19NO/c1-3-5-6-11-9-7-8(4-2)10-9/h8-10H,3-7H2,1-2H3. The van der Waals surface area contributed by atoms with Crippen LogP contribution in [0.3, 0.4) is 0 Å². The molecule has 0 aromatic carbocycles. The lowest BCUT2D eigenvalue weighted by atomic mass is 10.0. The van der Waals surface area contributed by atoms with E-state index in [1.165, 1.54) is 25.7 Å². The summed E-state index contributed by atoms with van der Waals surface area (Å²) in [5.74, 6) is 0. The van der Waals surface area contributed by atoms with Gasteiger partial charge in [-0.05, 0) is 12.8 Å². The van der Waals surface area contributed by atoms with E-state index in [2.05, 4.69) is 19.2 Å². The summed E-state index contributed by atoms with van der Waals surface area (Å²) < 4.78 is 5.54. The van der Waals surface area contributed by atoms with Crippen LogP contribution in [0.1, 0.15) is 39.5 Å². The molecule has 11 heavy (non-hydrogen) atoms. The minimum absolute atomic E-state index is 0.367. The largest absolute Gasteiger partial charge is 0.363 e. The highest BCUT2D eigenvalue weighted by molar-refractivity contribution is 4.81. The molecule has 2 nitrogen and oxygen atoms in total. The molecule has 1 fully saturated rings. The lowest BCUT2D eigenvalue weighted by molar-refractivity contribution is -0.0403. The second-order valence-corrected chi connectivity index (χ2v) is 3.22. The molecule has 1 heterocycles. The van der Waals surface area contributed by atoms with Gasteiger partial charge in [-0.2, -0.15) is 0 Å². The van der Waals surface area contributed by atoms with E-state index in [4.69, 9.17) is 4.74 Å². The van der Waals surface area contributed by atoms with Gasteiger partial charge in [-0.1, -0.05) is 20.3 Å². The molecule has 0 bridgehead atoms. The Labute approximate surface area is 69.3 Å². The highest BCUT2D eigenvalue weighted by Crippen LogP contribution is 2.15. The molecule has 0 aromatic heterocycles. The molecule has 2 heteroatoms. The van der Waals surface area contributed by atoms with E-state index in [-0.39, 0.29) is 0 Å². The molecule has 0 saturated carbocycles. The van der Waals surface area contributed by atoms with Gasteiger partial charge in [0.25, 0.3) is 0 Å². The van der Waals surface area contributed by atoms with Crippen molar-refractivity contribution in [3.63, 3.8) is 0 Å². The third-order valence-electron chi connectivity index (χ3n) is 2.23. The average Bonchev–Trinajstić information content (AvgIpc) is 1.94. The van der Waals surface area contributed by atoms with Gasteiger partial charge in [-0.3, -0.25) is 5.32 Å². The molecule has 0 aromatic rings. The molecule has 1 N–H and O–H groups in total. The maximum absolute atomic E-state index is 5.54. The van der Waals surface area contributed by atoms with E-state index in [0.717, 1.165) is 12.6 Å². The van der Waals surface area contributed by atoms with E-state index >= 15 is 0 Å². The van der Waals surface area contributed by atoms with Gasteiger partial charge in [-0.25, -0.2) is 0 Å². The van der Waals surface area contributed by atoms with Gasteiger partial charge in [0.05, 0.1) is 0 Å². The first kappa shape index (κ1) is 9.01. The van der Waals surface area contributed by atoms with Crippen molar-refractivity contribution < 1.29 is 4.74 Å². The predicted octanol–water partition coefficient (Wildman–Crippen LogP) is 1.90. The first-order valence-electron chi connectivity index (χ1n) is 4.74. The third kappa shape index (κ3) is 2.80. The number of hydrogen-bond donors (Lipinski definition) is 1. The van der Waals surface area contributed by atoms with E-state index in [9.17, 15) is 0 Å². The Morgan fingerprint density at radius 3 is 2.73 bits per heavy atom.